The van der Waals surface area contributed by atoms with Crippen LogP contribution in [-0.2, 0) is 4.74 Å². The Bertz CT molecular complexity index is 404. The molecule has 0 fully saturated rings. The van der Waals surface area contributed by atoms with Gasteiger partial charge >= 0.3 is 0 Å². The van der Waals surface area contributed by atoms with Crippen molar-refractivity contribution in [1.29, 1.82) is 0 Å². The lowest BCUT2D eigenvalue weighted by Gasteiger charge is -2.26. The van der Waals surface area contributed by atoms with Crippen molar-refractivity contribution < 1.29 is 4.74 Å². The van der Waals surface area contributed by atoms with Crippen molar-refractivity contribution in [2.75, 3.05) is 7.11 Å². The molecule has 1 heteroatoms. The number of methoxy groups -OCH3 is 1. The molecule has 0 aliphatic heterocycles. The second kappa shape index (κ2) is 5.02. The summed E-state index contributed by atoms with van der Waals surface area (Å²) in [6.45, 7) is 2.23. The zero-order chi connectivity index (χ0) is 11.4. The Morgan fingerprint density at radius 1 is 1.31 bits per heavy atom. The molecule has 16 heavy (non-hydrogen) atoms. The van der Waals surface area contributed by atoms with Crippen molar-refractivity contribution in [3.05, 3.63) is 53.8 Å². The number of fused-ring (bicyclic) bond motifs is 1. The maximum atomic E-state index is 5.05. The fourth-order valence-corrected chi connectivity index (χ4v) is 2.34. The Balaban J connectivity index is 2.37. The number of ether oxygens (including phenoxy) is 1. The molecule has 2 rings (SSSR count). The van der Waals surface area contributed by atoms with E-state index in [1.54, 1.807) is 13.4 Å². The molecule has 0 unspecified atom stereocenters. The molecule has 0 radical (unpaired) electrons. The van der Waals surface area contributed by atoms with Gasteiger partial charge in [0.25, 0.3) is 0 Å². The molecule has 0 bridgehead atoms. The van der Waals surface area contributed by atoms with E-state index >= 15 is 0 Å². The summed E-state index contributed by atoms with van der Waals surface area (Å²) in [4.78, 5) is 0. The Morgan fingerprint density at radius 3 is 2.88 bits per heavy atom. The van der Waals surface area contributed by atoms with E-state index in [2.05, 4.69) is 49.4 Å². The first-order valence-electron chi connectivity index (χ1n) is 5.83. The number of rotatable bonds is 3. The zero-order valence-corrected chi connectivity index (χ0v) is 9.89. The molecule has 1 aromatic carbocycles. The van der Waals surface area contributed by atoms with Crippen molar-refractivity contribution in [2.45, 2.75) is 19.3 Å². The van der Waals surface area contributed by atoms with Gasteiger partial charge in [-0.1, -0.05) is 43.3 Å². The smallest absolute Gasteiger partial charge is 0.0791 e. The minimum Gasteiger partial charge on any atom is -0.505 e. The lowest BCUT2D eigenvalue weighted by atomic mass is 9.78. The molecular formula is C15H18O. The minimum absolute atomic E-state index is 0.450. The first kappa shape index (κ1) is 11.0. The van der Waals surface area contributed by atoms with Crippen LogP contribution in [0, 0.1) is 5.92 Å². The predicted molar refractivity (Wildman–Crippen MR) is 68.1 cm³/mol. The number of hydrogen-bond acceptors (Lipinski definition) is 1. The molecule has 0 saturated carbocycles. The third-order valence-electron chi connectivity index (χ3n) is 3.23. The summed E-state index contributed by atoms with van der Waals surface area (Å²) in [5.41, 5.74) is 2.74. The summed E-state index contributed by atoms with van der Waals surface area (Å²) < 4.78 is 5.05. The molecule has 1 aliphatic carbocycles. The highest BCUT2D eigenvalue weighted by atomic mass is 16.5. The zero-order valence-electron chi connectivity index (χ0n) is 9.89. The van der Waals surface area contributed by atoms with Crippen molar-refractivity contribution in [3.63, 3.8) is 0 Å². The topological polar surface area (TPSA) is 9.23 Å². The fraction of sp³-hybridized carbons (Fsp3) is 0.333. The second-order valence-electron chi connectivity index (χ2n) is 4.15. The molecule has 0 spiro atoms. The third-order valence-corrected chi connectivity index (χ3v) is 3.23. The molecule has 1 aromatic rings. The van der Waals surface area contributed by atoms with Crippen LogP contribution in [0.4, 0.5) is 0 Å². The van der Waals surface area contributed by atoms with Crippen LogP contribution in [-0.4, -0.2) is 7.11 Å². The van der Waals surface area contributed by atoms with Gasteiger partial charge in [0, 0.05) is 5.92 Å². The molecule has 0 aromatic heterocycles. The highest BCUT2D eigenvalue weighted by molar-refractivity contribution is 5.59. The quantitative estimate of drug-likeness (QED) is 0.691. The SMILES string of the molecule is CC[C@H]1C=Cc2ccccc2[C@@H]1/C=C/OC. The van der Waals surface area contributed by atoms with Gasteiger partial charge in [-0.2, -0.15) is 0 Å². The van der Waals surface area contributed by atoms with Crippen LogP contribution in [0.15, 0.2) is 42.7 Å². The van der Waals surface area contributed by atoms with Gasteiger partial charge in [-0.3, -0.25) is 0 Å². The van der Waals surface area contributed by atoms with E-state index in [-0.39, 0.29) is 0 Å². The lowest BCUT2D eigenvalue weighted by molar-refractivity contribution is 0.333. The Hall–Kier alpha value is -1.50. The maximum Gasteiger partial charge on any atom is 0.0791 e. The van der Waals surface area contributed by atoms with Crippen LogP contribution < -0.4 is 0 Å². The van der Waals surface area contributed by atoms with E-state index < -0.39 is 0 Å². The lowest BCUT2D eigenvalue weighted by Crippen LogP contribution is -2.12. The first-order chi connectivity index (χ1) is 7.86. The number of benzene rings is 1. The largest absolute Gasteiger partial charge is 0.505 e. The van der Waals surface area contributed by atoms with Crippen molar-refractivity contribution >= 4 is 6.08 Å². The number of allylic oxidation sites excluding steroid dienone is 2. The van der Waals surface area contributed by atoms with Gasteiger partial charge in [0.05, 0.1) is 13.4 Å². The second-order valence-corrected chi connectivity index (χ2v) is 4.15. The van der Waals surface area contributed by atoms with Gasteiger partial charge < -0.3 is 4.74 Å². The molecule has 1 aliphatic rings. The summed E-state index contributed by atoms with van der Waals surface area (Å²) in [5.74, 6) is 1.03. The molecule has 84 valence electrons. The maximum absolute atomic E-state index is 5.05. The molecule has 0 N–H and O–H groups in total. The molecular weight excluding hydrogens is 196 g/mol. The van der Waals surface area contributed by atoms with Crippen LogP contribution >= 0.6 is 0 Å². The van der Waals surface area contributed by atoms with E-state index in [4.69, 9.17) is 4.74 Å². The molecule has 0 heterocycles. The Kier molecular flexibility index (Phi) is 3.45. The van der Waals surface area contributed by atoms with E-state index in [0.717, 1.165) is 6.42 Å². The van der Waals surface area contributed by atoms with Gasteiger partial charge in [-0.05, 0) is 29.5 Å². The summed E-state index contributed by atoms with van der Waals surface area (Å²) >= 11 is 0. The summed E-state index contributed by atoms with van der Waals surface area (Å²) in [5, 5.41) is 0. The van der Waals surface area contributed by atoms with Gasteiger partial charge in [-0.25, -0.2) is 0 Å². The van der Waals surface area contributed by atoms with Crippen LogP contribution in [0.1, 0.15) is 30.4 Å². The summed E-state index contributed by atoms with van der Waals surface area (Å²) in [7, 11) is 1.70. The van der Waals surface area contributed by atoms with Gasteiger partial charge in [0.1, 0.15) is 0 Å². The van der Waals surface area contributed by atoms with Gasteiger partial charge in [-0.15, -0.1) is 0 Å². The van der Waals surface area contributed by atoms with Crippen LogP contribution in [0.5, 0.6) is 0 Å². The van der Waals surface area contributed by atoms with Crippen molar-refractivity contribution in [1.82, 2.24) is 0 Å². The minimum atomic E-state index is 0.450. The average Bonchev–Trinajstić information content (AvgIpc) is 2.35. The van der Waals surface area contributed by atoms with Gasteiger partial charge in [0.15, 0.2) is 0 Å². The standard InChI is InChI=1S/C15H18O/c1-3-12-8-9-13-6-4-5-7-14(13)15(12)10-11-16-2/h4-12,15H,3H2,1-2H3/b11-10+/t12-,15+/m0/s1. The predicted octanol–water partition coefficient (Wildman–Crippen LogP) is 3.98. The first-order valence-corrected chi connectivity index (χ1v) is 5.83. The average molecular weight is 214 g/mol. The highest BCUT2D eigenvalue weighted by Gasteiger charge is 2.22. The highest BCUT2D eigenvalue weighted by Crippen LogP contribution is 2.36. The van der Waals surface area contributed by atoms with E-state index in [9.17, 15) is 0 Å². The van der Waals surface area contributed by atoms with Crippen molar-refractivity contribution in [2.24, 2.45) is 5.92 Å². The summed E-state index contributed by atoms with van der Waals surface area (Å²) in [6, 6.07) is 8.59. The van der Waals surface area contributed by atoms with E-state index in [1.807, 2.05) is 0 Å². The fourth-order valence-electron chi connectivity index (χ4n) is 2.34. The number of hydrogen-bond donors (Lipinski definition) is 0. The monoisotopic (exact) mass is 214 g/mol. The van der Waals surface area contributed by atoms with Gasteiger partial charge in [0.2, 0.25) is 0 Å². The molecule has 1 nitrogen and oxygen atoms in total. The molecule has 0 amide bonds. The van der Waals surface area contributed by atoms with Crippen LogP contribution in [0.2, 0.25) is 0 Å². The van der Waals surface area contributed by atoms with Crippen LogP contribution in [0.3, 0.4) is 0 Å². The third kappa shape index (κ3) is 2.04. The molecule has 2 atom stereocenters. The Labute approximate surface area is 97.4 Å². The van der Waals surface area contributed by atoms with E-state index in [1.165, 1.54) is 11.1 Å². The van der Waals surface area contributed by atoms with Crippen molar-refractivity contribution in [3.8, 4) is 0 Å². The Morgan fingerprint density at radius 2 is 2.12 bits per heavy atom. The molecule has 0 saturated heterocycles. The normalized spacial score (nSPS) is 23.4. The van der Waals surface area contributed by atoms with E-state index in [0.29, 0.717) is 11.8 Å². The summed E-state index contributed by atoms with van der Waals surface area (Å²) in [6.07, 6.45) is 9.66. The van der Waals surface area contributed by atoms with Crippen LogP contribution in [0.25, 0.3) is 6.08 Å².